The molecular weight excluding hydrogens is 444 g/mol. The Labute approximate surface area is 204 Å². The van der Waals surface area contributed by atoms with Gasteiger partial charge in [0.2, 0.25) is 5.91 Å². The maximum atomic E-state index is 13.0. The van der Waals surface area contributed by atoms with Gasteiger partial charge in [-0.2, -0.15) is 0 Å². The number of aromatic nitrogens is 2. The number of ether oxygens (including phenoxy) is 2. The van der Waals surface area contributed by atoms with E-state index in [4.69, 9.17) is 9.47 Å². The summed E-state index contributed by atoms with van der Waals surface area (Å²) in [4.78, 5) is 32.1. The average molecular weight is 473 g/mol. The van der Waals surface area contributed by atoms with Crippen LogP contribution in [0.1, 0.15) is 28.0 Å². The lowest BCUT2D eigenvalue weighted by atomic mass is 10.1. The average Bonchev–Trinajstić information content (AvgIpc) is 3.21. The van der Waals surface area contributed by atoms with E-state index in [1.807, 2.05) is 37.3 Å². The van der Waals surface area contributed by atoms with Gasteiger partial charge in [-0.3, -0.25) is 18.9 Å². The number of rotatable bonds is 8. The first-order valence-corrected chi connectivity index (χ1v) is 11.2. The zero-order valence-corrected chi connectivity index (χ0v) is 20.2. The van der Waals surface area contributed by atoms with Crippen molar-refractivity contribution in [2.75, 3.05) is 31.5 Å². The summed E-state index contributed by atoms with van der Waals surface area (Å²) >= 11 is 0. The number of hydrogen-bond acceptors (Lipinski definition) is 5. The molecule has 1 N–H and O–H groups in total. The Morgan fingerprint density at radius 1 is 1.00 bits per heavy atom. The van der Waals surface area contributed by atoms with Gasteiger partial charge in [-0.1, -0.05) is 30.3 Å². The van der Waals surface area contributed by atoms with E-state index in [-0.39, 0.29) is 11.8 Å². The highest BCUT2D eigenvalue weighted by Crippen LogP contribution is 2.30. The first-order valence-electron chi connectivity index (χ1n) is 11.2. The Bertz CT molecular complexity index is 1360. The molecule has 0 aliphatic heterocycles. The molecule has 2 aromatic carbocycles. The molecule has 180 valence electrons. The Morgan fingerprint density at radius 3 is 2.46 bits per heavy atom. The van der Waals surface area contributed by atoms with Crippen molar-refractivity contribution in [2.45, 2.75) is 19.8 Å². The third-order valence-corrected chi connectivity index (χ3v) is 5.83. The van der Waals surface area contributed by atoms with E-state index in [0.717, 1.165) is 5.56 Å². The second kappa shape index (κ2) is 10.3. The monoisotopic (exact) mass is 472 g/mol. The Balaban J connectivity index is 1.56. The molecule has 0 bridgehead atoms. The molecule has 0 unspecified atom stereocenters. The largest absolute Gasteiger partial charge is 0.493 e. The number of methoxy groups -OCH3 is 2. The number of carbonyl (C=O) groups is 2. The van der Waals surface area contributed by atoms with Crippen LogP contribution in [0.15, 0.2) is 66.9 Å². The lowest BCUT2D eigenvalue weighted by molar-refractivity contribution is -0.118. The molecule has 0 aliphatic rings. The van der Waals surface area contributed by atoms with Crippen LogP contribution < -0.4 is 19.7 Å². The van der Waals surface area contributed by atoms with Crippen LogP contribution in [0.2, 0.25) is 0 Å². The molecule has 0 saturated carbocycles. The fraction of sp³-hybridized carbons (Fsp3) is 0.222. The lowest BCUT2D eigenvalue weighted by Crippen LogP contribution is -2.28. The van der Waals surface area contributed by atoms with Gasteiger partial charge < -0.3 is 14.8 Å². The van der Waals surface area contributed by atoms with Crippen LogP contribution in [-0.2, 0) is 11.2 Å². The minimum atomic E-state index is -0.297. The Morgan fingerprint density at radius 2 is 1.74 bits per heavy atom. The fourth-order valence-corrected chi connectivity index (χ4v) is 3.99. The molecule has 0 aliphatic carbocycles. The fourth-order valence-electron chi connectivity index (χ4n) is 3.99. The summed E-state index contributed by atoms with van der Waals surface area (Å²) in [5.41, 5.74) is 3.47. The van der Waals surface area contributed by atoms with Gasteiger partial charge >= 0.3 is 0 Å². The molecule has 8 heteroatoms. The number of carbonyl (C=O) groups excluding carboxylic acids is 2. The molecule has 2 amide bonds. The number of aryl methyl sites for hydroxylation is 2. The number of nitrogens with one attached hydrogen (secondary N) is 1. The first kappa shape index (κ1) is 23.8. The number of anilines is 2. The predicted octanol–water partition coefficient (Wildman–Crippen LogP) is 4.51. The van der Waals surface area contributed by atoms with E-state index < -0.39 is 0 Å². The number of fused-ring (bicyclic) bond motifs is 1. The topological polar surface area (TPSA) is 85.2 Å². The number of amides is 2. The van der Waals surface area contributed by atoms with Gasteiger partial charge in [-0.05, 0) is 43.2 Å². The number of pyridine rings is 1. The predicted molar refractivity (Wildman–Crippen MR) is 136 cm³/mol. The van der Waals surface area contributed by atoms with Gasteiger partial charge in [0.15, 0.2) is 11.5 Å². The van der Waals surface area contributed by atoms with Gasteiger partial charge in [0.05, 0.1) is 25.5 Å². The molecular formula is C27H28N4O4. The lowest BCUT2D eigenvalue weighted by Gasteiger charge is -2.18. The molecule has 4 aromatic rings. The van der Waals surface area contributed by atoms with E-state index in [1.165, 1.54) is 7.11 Å². The number of hydrogen-bond donors (Lipinski definition) is 1. The number of imidazole rings is 1. The second-order valence-corrected chi connectivity index (χ2v) is 8.13. The second-order valence-electron chi connectivity index (χ2n) is 8.13. The first-order chi connectivity index (χ1) is 16.9. The molecule has 0 fully saturated rings. The minimum absolute atomic E-state index is 0.0288. The van der Waals surface area contributed by atoms with Crippen LogP contribution in [0.4, 0.5) is 11.5 Å². The van der Waals surface area contributed by atoms with Crippen molar-refractivity contribution < 1.29 is 19.1 Å². The summed E-state index contributed by atoms with van der Waals surface area (Å²) in [6.07, 6.45) is 2.72. The number of nitrogens with zero attached hydrogens (tertiary/aromatic N) is 3. The van der Waals surface area contributed by atoms with E-state index in [0.29, 0.717) is 52.8 Å². The maximum absolute atomic E-state index is 13.0. The van der Waals surface area contributed by atoms with Crippen molar-refractivity contribution >= 4 is 29.0 Å². The van der Waals surface area contributed by atoms with Crippen molar-refractivity contribution in [2.24, 2.45) is 0 Å². The normalized spacial score (nSPS) is 10.7. The Hall–Kier alpha value is -4.33. The SMILES string of the molecule is COc1ccc(NC(=O)c2ccc3nc(C)c(N(C)C(=O)CCc4ccccc4)n3c2)cc1OC. The van der Waals surface area contributed by atoms with Crippen molar-refractivity contribution in [3.05, 3.63) is 83.7 Å². The minimum Gasteiger partial charge on any atom is -0.493 e. The van der Waals surface area contributed by atoms with Crippen molar-refractivity contribution in [3.63, 3.8) is 0 Å². The quantitative estimate of drug-likeness (QED) is 0.408. The molecule has 2 heterocycles. The van der Waals surface area contributed by atoms with Crippen LogP contribution in [0.3, 0.4) is 0 Å². The smallest absolute Gasteiger partial charge is 0.257 e. The van der Waals surface area contributed by atoms with Gasteiger partial charge in [0.1, 0.15) is 11.5 Å². The summed E-state index contributed by atoms with van der Waals surface area (Å²) in [6, 6.07) is 18.5. The summed E-state index contributed by atoms with van der Waals surface area (Å²) < 4.78 is 12.3. The maximum Gasteiger partial charge on any atom is 0.257 e. The van der Waals surface area contributed by atoms with E-state index in [9.17, 15) is 9.59 Å². The molecule has 35 heavy (non-hydrogen) atoms. The molecule has 0 saturated heterocycles. The zero-order chi connectivity index (χ0) is 24.9. The van der Waals surface area contributed by atoms with E-state index in [1.54, 1.807) is 60.0 Å². The summed E-state index contributed by atoms with van der Waals surface area (Å²) in [5.74, 6) is 1.40. The van der Waals surface area contributed by atoms with Gasteiger partial charge in [-0.15, -0.1) is 0 Å². The van der Waals surface area contributed by atoms with Crippen molar-refractivity contribution in [1.82, 2.24) is 9.38 Å². The highest BCUT2D eigenvalue weighted by atomic mass is 16.5. The molecule has 0 atom stereocenters. The summed E-state index contributed by atoms with van der Waals surface area (Å²) in [6.45, 7) is 1.85. The van der Waals surface area contributed by atoms with Gasteiger partial charge in [0.25, 0.3) is 5.91 Å². The highest BCUT2D eigenvalue weighted by Gasteiger charge is 2.20. The van der Waals surface area contributed by atoms with Crippen LogP contribution in [0.25, 0.3) is 5.65 Å². The molecule has 0 radical (unpaired) electrons. The summed E-state index contributed by atoms with van der Waals surface area (Å²) in [5, 5.41) is 2.88. The number of benzene rings is 2. The molecule has 0 spiro atoms. The van der Waals surface area contributed by atoms with E-state index >= 15 is 0 Å². The van der Waals surface area contributed by atoms with Crippen LogP contribution in [0.5, 0.6) is 11.5 Å². The third kappa shape index (κ3) is 5.11. The zero-order valence-electron chi connectivity index (χ0n) is 20.2. The van der Waals surface area contributed by atoms with Crippen LogP contribution in [0, 0.1) is 6.92 Å². The molecule has 2 aromatic heterocycles. The van der Waals surface area contributed by atoms with Crippen LogP contribution in [-0.4, -0.2) is 42.5 Å². The highest BCUT2D eigenvalue weighted by molar-refractivity contribution is 6.04. The molecule has 4 rings (SSSR count). The van der Waals surface area contributed by atoms with E-state index in [2.05, 4.69) is 10.3 Å². The van der Waals surface area contributed by atoms with Crippen molar-refractivity contribution in [3.8, 4) is 11.5 Å². The van der Waals surface area contributed by atoms with Crippen molar-refractivity contribution in [1.29, 1.82) is 0 Å². The van der Waals surface area contributed by atoms with Crippen LogP contribution >= 0.6 is 0 Å². The standard InChI is InChI=1S/C27H28N4O4/c1-18-27(30(2)25(32)15-10-19-8-6-5-7-9-19)31-17-20(11-14-24(31)28-18)26(33)29-21-12-13-22(34-3)23(16-21)35-4/h5-9,11-14,16-17H,10,15H2,1-4H3,(H,29,33). The van der Waals surface area contributed by atoms with Gasteiger partial charge in [0, 0.05) is 31.4 Å². The van der Waals surface area contributed by atoms with Gasteiger partial charge in [-0.25, -0.2) is 4.98 Å². The molecule has 8 nitrogen and oxygen atoms in total. The third-order valence-electron chi connectivity index (χ3n) is 5.83. The Kier molecular flexibility index (Phi) is 7.01. The summed E-state index contributed by atoms with van der Waals surface area (Å²) in [7, 11) is 4.83.